The van der Waals surface area contributed by atoms with Gasteiger partial charge in [0.2, 0.25) is 5.91 Å². The number of Topliss-reactive ketones (excluding diaryl/α,β-unsaturated/α-hetero) is 1. The molecule has 2 amide bonds. The Kier molecular flexibility index (Phi) is 5.30. The predicted octanol–water partition coefficient (Wildman–Crippen LogP) is 5.59. The lowest BCUT2D eigenvalue weighted by atomic mass is 9.52. The third-order valence-electron chi connectivity index (χ3n) is 7.34. The number of benzene rings is 3. The first-order chi connectivity index (χ1) is 17.5. The van der Waals surface area contributed by atoms with Gasteiger partial charge < -0.3 is 10.6 Å². The molecule has 2 bridgehead atoms. The Morgan fingerprint density at radius 1 is 0.833 bits per heavy atom. The van der Waals surface area contributed by atoms with Gasteiger partial charge in [0.25, 0.3) is 11.7 Å². The molecule has 0 spiro atoms. The van der Waals surface area contributed by atoms with Crippen LogP contribution < -0.4 is 10.6 Å². The summed E-state index contributed by atoms with van der Waals surface area (Å²) in [5.41, 5.74) is 4.81. The fraction of sp³-hybridized carbons (Fsp3) is 0.172. The zero-order chi connectivity index (χ0) is 24.9. The van der Waals surface area contributed by atoms with Crippen LogP contribution in [0.1, 0.15) is 57.9 Å². The first kappa shape index (κ1) is 22.4. The molecule has 1 aromatic heterocycles. The number of thiazole rings is 1. The van der Waals surface area contributed by atoms with Crippen molar-refractivity contribution in [3.05, 3.63) is 112 Å². The second-order valence-electron chi connectivity index (χ2n) is 9.51. The Labute approximate surface area is 212 Å². The molecule has 0 saturated heterocycles. The van der Waals surface area contributed by atoms with E-state index in [0.29, 0.717) is 17.2 Å². The maximum atomic E-state index is 13.7. The van der Waals surface area contributed by atoms with Crippen LogP contribution in [0.15, 0.2) is 84.2 Å². The van der Waals surface area contributed by atoms with Gasteiger partial charge in [-0.05, 0) is 47.7 Å². The van der Waals surface area contributed by atoms with E-state index >= 15 is 0 Å². The monoisotopic (exact) mass is 493 g/mol. The van der Waals surface area contributed by atoms with Crippen LogP contribution in [0, 0.1) is 5.41 Å². The van der Waals surface area contributed by atoms with Gasteiger partial charge in [-0.3, -0.25) is 14.4 Å². The quantitative estimate of drug-likeness (QED) is 0.280. The van der Waals surface area contributed by atoms with E-state index in [0.717, 1.165) is 11.3 Å². The summed E-state index contributed by atoms with van der Waals surface area (Å²) in [5, 5.41) is 7.33. The van der Waals surface area contributed by atoms with Crippen LogP contribution in [-0.4, -0.2) is 22.6 Å². The summed E-state index contributed by atoms with van der Waals surface area (Å²) in [7, 11) is 0. The van der Waals surface area contributed by atoms with Crippen LogP contribution in [0.4, 0.5) is 10.8 Å². The largest absolute Gasteiger partial charge is 0.319 e. The van der Waals surface area contributed by atoms with Crippen molar-refractivity contribution >= 4 is 39.8 Å². The molecule has 1 unspecified atom stereocenters. The number of hydrogen-bond acceptors (Lipinski definition) is 5. The highest BCUT2D eigenvalue weighted by Crippen LogP contribution is 2.61. The lowest BCUT2D eigenvalue weighted by Gasteiger charge is -2.50. The molecule has 1 heterocycles. The minimum absolute atomic E-state index is 0.00902. The molecule has 6 nitrogen and oxygen atoms in total. The second kappa shape index (κ2) is 8.53. The Morgan fingerprint density at radius 3 is 2.06 bits per heavy atom. The smallest absolute Gasteiger partial charge is 0.298 e. The van der Waals surface area contributed by atoms with Crippen molar-refractivity contribution in [1.82, 2.24) is 4.98 Å². The van der Waals surface area contributed by atoms with Crippen LogP contribution in [-0.2, 0) is 9.59 Å². The number of fused-ring (bicyclic) bond motifs is 1. The number of nitrogens with zero attached hydrogens (tertiary/aromatic N) is 1. The number of ketones is 1. The lowest BCUT2D eigenvalue weighted by molar-refractivity contribution is -0.126. The average molecular weight is 494 g/mol. The molecule has 2 N–H and O–H groups in total. The fourth-order valence-corrected chi connectivity index (χ4v) is 6.38. The third kappa shape index (κ3) is 3.55. The van der Waals surface area contributed by atoms with Crippen molar-refractivity contribution in [2.45, 2.75) is 25.2 Å². The highest BCUT2D eigenvalue weighted by Gasteiger charge is 2.54. The summed E-state index contributed by atoms with van der Waals surface area (Å²) in [6.45, 7) is 2.01. The average Bonchev–Trinajstić information content (AvgIpc) is 3.37. The molecule has 36 heavy (non-hydrogen) atoms. The molecule has 0 aliphatic heterocycles. The Hall–Kier alpha value is -4.10. The zero-order valence-corrected chi connectivity index (χ0v) is 20.3. The molecule has 3 aromatic carbocycles. The molecule has 178 valence electrons. The molecular formula is C29H23N3O3S. The Morgan fingerprint density at radius 2 is 1.42 bits per heavy atom. The molecule has 0 saturated carbocycles. The standard InChI is InChI=1S/C29H23N3O3S/c1-29(15-22-18-11-5-7-13-20(18)24(29)21-14-8-6-12-19(21)22)27(35)32-28-31-23(16-36-28)25(33)26(34)30-17-9-3-2-4-10-17/h2-14,16,22,24H,15H2,1H3,(H,30,34)(H,31,32,35). The van der Waals surface area contributed by atoms with Crippen molar-refractivity contribution in [1.29, 1.82) is 0 Å². The van der Waals surface area contributed by atoms with E-state index in [1.165, 1.54) is 27.6 Å². The van der Waals surface area contributed by atoms with Gasteiger partial charge in [-0.25, -0.2) is 4.98 Å². The molecule has 4 aromatic rings. The molecular weight excluding hydrogens is 470 g/mol. The van der Waals surface area contributed by atoms with Crippen molar-refractivity contribution < 1.29 is 14.4 Å². The van der Waals surface area contributed by atoms with E-state index in [9.17, 15) is 14.4 Å². The third-order valence-corrected chi connectivity index (χ3v) is 8.10. The number of carbonyl (C=O) groups excluding carboxylic acids is 3. The van der Waals surface area contributed by atoms with Gasteiger partial charge >= 0.3 is 0 Å². The predicted molar refractivity (Wildman–Crippen MR) is 139 cm³/mol. The van der Waals surface area contributed by atoms with Gasteiger partial charge in [0.05, 0.1) is 5.41 Å². The van der Waals surface area contributed by atoms with E-state index in [2.05, 4.69) is 52.0 Å². The second-order valence-corrected chi connectivity index (χ2v) is 10.4. The zero-order valence-electron chi connectivity index (χ0n) is 19.5. The number of aromatic nitrogens is 1. The van der Waals surface area contributed by atoms with Crippen molar-refractivity contribution in [3.63, 3.8) is 0 Å². The first-order valence-corrected chi connectivity index (χ1v) is 12.7. The van der Waals surface area contributed by atoms with Gasteiger partial charge in [-0.1, -0.05) is 66.7 Å². The van der Waals surface area contributed by atoms with Gasteiger partial charge in [0, 0.05) is 22.9 Å². The molecule has 7 rings (SSSR count). The highest BCUT2D eigenvalue weighted by molar-refractivity contribution is 7.14. The molecule has 0 fully saturated rings. The number of rotatable bonds is 5. The molecule has 1 atom stereocenters. The Bertz CT molecular complexity index is 1470. The summed E-state index contributed by atoms with van der Waals surface area (Å²) in [6, 6.07) is 25.5. The minimum Gasteiger partial charge on any atom is -0.319 e. The highest BCUT2D eigenvalue weighted by atomic mass is 32.1. The number of carbonyl (C=O) groups is 3. The molecule has 3 aliphatic carbocycles. The van der Waals surface area contributed by atoms with Crippen LogP contribution in [0.3, 0.4) is 0 Å². The normalized spacial score (nSPS) is 21.2. The van der Waals surface area contributed by atoms with Crippen LogP contribution in [0.25, 0.3) is 0 Å². The first-order valence-electron chi connectivity index (χ1n) is 11.8. The van der Waals surface area contributed by atoms with Crippen molar-refractivity contribution in [2.75, 3.05) is 10.6 Å². The lowest BCUT2D eigenvalue weighted by Crippen LogP contribution is -2.47. The summed E-state index contributed by atoms with van der Waals surface area (Å²) in [4.78, 5) is 43.0. The van der Waals surface area contributed by atoms with Gasteiger partial charge in [0.1, 0.15) is 5.69 Å². The molecule has 7 heteroatoms. The summed E-state index contributed by atoms with van der Waals surface area (Å²) in [5.74, 6) is -1.58. The number of nitrogens with one attached hydrogen (secondary N) is 2. The van der Waals surface area contributed by atoms with E-state index in [1.807, 2.05) is 25.1 Å². The van der Waals surface area contributed by atoms with E-state index < -0.39 is 17.1 Å². The Balaban J connectivity index is 1.24. The van der Waals surface area contributed by atoms with Crippen molar-refractivity contribution in [3.8, 4) is 0 Å². The maximum Gasteiger partial charge on any atom is 0.298 e. The summed E-state index contributed by atoms with van der Waals surface area (Å²) in [6.07, 6.45) is 0.689. The van der Waals surface area contributed by atoms with E-state index in [-0.39, 0.29) is 23.4 Å². The van der Waals surface area contributed by atoms with Gasteiger partial charge in [-0.15, -0.1) is 11.3 Å². The number of amides is 2. The van der Waals surface area contributed by atoms with E-state index in [4.69, 9.17) is 0 Å². The molecule has 0 radical (unpaired) electrons. The number of para-hydroxylation sites is 1. The van der Waals surface area contributed by atoms with E-state index in [1.54, 1.807) is 24.3 Å². The SMILES string of the molecule is CC1(C(=O)Nc2nc(C(=O)C(=O)Nc3ccccc3)cs2)CC2c3ccccc3C1c1ccccc12. The van der Waals surface area contributed by atoms with Crippen LogP contribution >= 0.6 is 11.3 Å². The molecule has 3 aliphatic rings. The maximum absolute atomic E-state index is 13.7. The van der Waals surface area contributed by atoms with Crippen LogP contribution in [0.2, 0.25) is 0 Å². The van der Waals surface area contributed by atoms with Crippen LogP contribution in [0.5, 0.6) is 0 Å². The summed E-state index contributed by atoms with van der Waals surface area (Å²) < 4.78 is 0. The van der Waals surface area contributed by atoms with Gasteiger partial charge in [-0.2, -0.15) is 0 Å². The number of hydrogen-bond donors (Lipinski definition) is 2. The van der Waals surface area contributed by atoms with Crippen molar-refractivity contribution in [2.24, 2.45) is 5.41 Å². The summed E-state index contributed by atoms with van der Waals surface area (Å²) >= 11 is 1.14. The van der Waals surface area contributed by atoms with Gasteiger partial charge in [0.15, 0.2) is 5.13 Å². The number of anilines is 2. The fourth-order valence-electron chi connectivity index (χ4n) is 5.69. The minimum atomic E-state index is -0.769. The topological polar surface area (TPSA) is 88.2 Å².